The lowest BCUT2D eigenvalue weighted by atomic mass is 9.72. The van der Waals surface area contributed by atoms with Crippen LogP contribution in [0.15, 0.2) is 48.5 Å². The van der Waals surface area contributed by atoms with Crippen LogP contribution in [0.3, 0.4) is 0 Å². The predicted molar refractivity (Wildman–Crippen MR) is 143 cm³/mol. The van der Waals surface area contributed by atoms with Crippen LogP contribution < -0.4 is 15.4 Å². The van der Waals surface area contributed by atoms with Gasteiger partial charge in [0.05, 0.1) is 16.7 Å². The van der Waals surface area contributed by atoms with Crippen molar-refractivity contribution in [2.24, 2.45) is 0 Å². The van der Waals surface area contributed by atoms with Crippen molar-refractivity contribution in [1.29, 1.82) is 0 Å². The third kappa shape index (κ3) is 5.90. The van der Waals surface area contributed by atoms with Gasteiger partial charge in [-0.3, -0.25) is 14.4 Å². The van der Waals surface area contributed by atoms with Gasteiger partial charge in [0, 0.05) is 18.4 Å². The third-order valence-electron chi connectivity index (χ3n) is 6.86. The van der Waals surface area contributed by atoms with Crippen LogP contribution in [-0.2, 0) is 10.2 Å². The number of rotatable bonds is 9. The molecule has 3 aromatic carbocycles. The Bertz CT molecular complexity index is 1600. The summed E-state index contributed by atoms with van der Waals surface area (Å²) in [6.07, 6.45) is -11.8. The van der Waals surface area contributed by atoms with Gasteiger partial charge in [-0.2, -0.15) is 26.3 Å². The second-order valence-corrected chi connectivity index (χ2v) is 9.48. The molecule has 0 fully saturated rings. The standard InChI is InChI=1S/C29H24F6N2O6/c1-14-5-7-17(9-22(14)36-4)27(28(30,31)32,29(33,34)35)18-8-6-15(2)23(10-18)37-25(40)20-11-19(16(3)39)24(43-13-38)12-21(20)26(41)42/h5-13,36H,1-4H3,(H,37,40)(H,41,42). The largest absolute Gasteiger partial charge is 0.478 e. The maximum Gasteiger partial charge on any atom is 0.411 e. The Hall–Kier alpha value is -4.88. The van der Waals surface area contributed by atoms with E-state index in [1.165, 1.54) is 20.9 Å². The number of aromatic carboxylic acids is 1. The fourth-order valence-corrected chi connectivity index (χ4v) is 4.66. The number of carboxylic acid groups (broad SMARTS) is 1. The molecule has 0 saturated heterocycles. The first-order chi connectivity index (χ1) is 19.9. The molecule has 0 radical (unpaired) electrons. The minimum Gasteiger partial charge on any atom is -0.478 e. The molecule has 0 aliphatic heterocycles. The van der Waals surface area contributed by atoms with Crippen molar-refractivity contribution >= 4 is 35.5 Å². The number of ether oxygens (including phenoxy) is 1. The molecule has 1 amide bonds. The van der Waals surface area contributed by atoms with Crippen molar-refractivity contribution in [3.63, 3.8) is 0 Å². The summed E-state index contributed by atoms with van der Waals surface area (Å²) in [6, 6.07) is 6.21. The van der Waals surface area contributed by atoms with E-state index in [0.29, 0.717) is 17.7 Å². The number of carbonyl (C=O) groups excluding carboxylic acids is 3. The van der Waals surface area contributed by atoms with E-state index in [0.717, 1.165) is 43.3 Å². The number of hydrogen-bond acceptors (Lipinski definition) is 6. The molecule has 0 aliphatic rings. The highest BCUT2D eigenvalue weighted by atomic mass is 19.4. The Morgan fingerprint density at radius 3 is 1.74 bits per heavy atom. The number of nitrogens with one attached hydrogen (secondary N) is 2. The van der Waals surface area contributed by atoms with Crippen LogP contribution in [0, 0.1) is 13.8 Å². The van der Waals surface area contributed by atoms with Gasteiger partial charge in [0.15, 0.2) is 5.78 Å². The van der Waals surface area contributed by atoms with Gasteiger partial charge >= 0.3 is 18.3 Å². The molecule has 3 aromatic rings. The lowest BCUT2D eigenvalue weighted by Crippen LogP contribution is -2.54. The van der Waals surface area contributed by atoms with E-state index in [1.54, 1.807) is 0 Å². The Morgan fingerprint density at radius 2 is 1.30 bits per heavy atom. The van der Waals surface area contributed by atoms with E-state index in [1.807, 2.05) is 0 Å². The smallest absolute Gasteiger partial charge is 0.411 e. The molecule has 0 unspecified atom stereocenters. The molecule has 0 saturated carbocycles. The highest BCUT2D eigenvalue weighted by molar-refractivity contribution is 6.13. The highest BCUT2D eigenvalue weighted by Crippen LogP contribution is 2.57. The summed E-state index contributed by atoms with van der Waals surface area (Å²) in [4.78, 5) is 48.0. The quantitative estimate of drug-likeness (QED) is 0.145. The average Bonchev–Trinajstić information content (AvgIpc) is 2.89. The lowest BCUT2D eigenvalue weighted by Gasteiger charge is -2.39. The molecule has 0 atom stereocenters. The van der Waals surface area contributed by atoms with Crippen LogP contribution in [0.4, 0.5) is 37.7 Å². The minimum atomic E-state index is -5.91. The molecular weight excluding hydrogens is 586 g/mol. The van der Waals surface area contributed by atoms with E-state index in [-0.39, 0.29) is 23.3 Å². The molecule has 3 rings (SSSR count). The topological polar surface area (TPSA) is 122 Å². The van der Waals surface area contributed by atoms with Crippen LogP contribution in [0.1, 0.15) is 60.3 Å². The number of aryl methyl sites for hydroxylation is 2. The second-order valence-electron chi connectivity index (χ2n) is 9.48. The minimum absolute atomic E-state index is 0.0282. The van der Waals surface area contributed by atoms with E-state index < -0.39 is 69.1 Å². The first kappa shape index (κ1) is 32.6. The summed E-state index contributed by atoms with van der Waals surface area (Å²) < 4.78 is 93.1. The predicted octanol–water partition coefficient (Wildman–Crippen LogP) is 6.44. The molecule has 228 valence electrons. The normalized spacial score (nSPS) is 12.0. The maximum absolute atomic E-state index is 14.7. The monoisotopic (exact) mass is 610 g/mol. The number of alkyl halides is 6. The third-order valence-corrected chi connectivity index (χ3v) is 6.86. The first-order valence-corrected chi connectivity index (χ1v) is 12.3. The number of halogens is 6. The summed E-state index contributed by atoms with van der Waals surface area (Å²) >= 11 is 0. The molecule has 3 N–H and O–H groups in total. The van der Waals surface area contributed by atoms with Crippen molar-refractivity contribution in [1.82, 2.24) is 0 Å². The zero-order valence-electron chi connectivity index (χ0n) is 23.0. The van der Waals surface area contributed by atoms with Gasteiger partial charge in [-0.15, -0.1) is 0 Å². The summed E-state index contributed by atoms with van der Waals surface area (Å²) in [5.41, 5.74) is -8.76. The molecular formula is C29H24F6N2O6. The zero-order valence-corrected chi connectivity index (χ0v) is 23.0. The van der Waals surface area contributed by atoms with Crippen molar-refractivity contribution in [2.45, 2.75) is 38.5 Å². The summed E-state index contributed by atoms with van der Waals surface area (Å²) in [7, 11) is 1.34. The fraction of sp³-hybridized carbons (Fsp3) is 0.241. The summed E-state index contributed by atoms with van der Waals surface area (Å²) in [5.74, 6) is -4.18. The molecule has 0 spiro atoms. The van der Waals surface area contributed by atoms with Gasteiger partial charge in [-0.1, -0.05) is 24.3 Å². The first-order valence-electron chi connectivity index (χ1n) is 12.3. The van der Waals surface area contributed by atoms with Crippen LogP contribution in [0.2, 0.25) is 0 Å². The van der Waals surface area contributed by atoms with Crippen LogP contribution in [0.5, 0.6) is 5.75 Å². The molecule has 0 bridgehead atoms. The number of Topliss-reactive ketones (excluding diaryl/α,β-unsaturated/α-hetero) is 1. The number of ketones is 1. The van der Waals surface area contributed by atoms with Gasteiger partial charge in [-0.25, -0.2) is 4.79 Å². The molecule has 43 heavy (non-hydrogen) atoms. The lowest BCUT2D eigenvalue weighted by molar-refractivity contribution is -0.288. The van der Waals surface area contributed by atoms with Crippen molar-refractivity contribution < 1.29 is 55.4 Å². The highest BCUT2D eigenvalue weighted by Gasteiger charge is 2.72. The van der Waals surface area contributed by atoms with Crippen molar-refractivity contribution in [2.75, 3.05) is 17.7 Å². The molecule has 0 heterocycles. The Labute approximate surface area is 240 Å². The van der Waals surface area contributed by atoms with Crippen LogP contribution in [0.25, 0.3) is 0 Å². The van der Waals surface area contributed by atoms with Crippen LogP contribution in [-0.4, -0.2) is 48.6 Å². The Balaban J connectivity index is 2.27. The SMILES string of the molecule is CNc1cc(C(c2ccc(C)c(NC(=O)c3cc(C(C)=O)c(OC=O)cc3C(=O)O)c2)(C(F)(F)F)C(F)(F)F)ccc1C. The van der Waals surface area contributed by atoms with Gasteiger partial charge in [0.1, 0.15) is 5.75 Å². The zero-order chi connectivity index (χ0) is 32.5. The fourth-order valence-electron chi connectivity index (χ4n) is 4.66. The molecule has 14 heteroatoms. The van der Waals surface area contributed by atoms with Crippen LogP contribution >= 0.6 is 0 Å². The Kier molecular flexibility index (Phi) is 8.94. The van der Waals surface area contributed by atoms with Gasteiger partial charge < -0.3 is 20.5 Å². The van der Waals surface area contributed by atoms with E-state index in [9.17, 15) is 50.6 Å². The van der Waals surface area contributed by atoms with Gasteiger partial charge in [0.25, 0.3) is 12.4 Å². The number of hydrogen-bond donors (Lipinski definition) is 3. The maximum atomic E-state index is 14.7. The second kappa shape index (κ2) is 11.8. The molecule has 0 aromatic heterocycles. The van der Waals surface area contributed by atoms with Gasteiger partial charge in [0.2, 0.25) is 5.41 Å². The van der Waals surface area contributed by atoms with Crippen molar-refractivity contribution in [3.05, 3.63) is 87.5 Å². The number of amides is 1. The Morgan fingerprint density at radius 1 is 0.791 bits per heavy atom. The average molecular weight is 611 g/mol. The van der Waals surface area contributed by atoms with E-state index in [2.05, 4.69) is 15.4 Å². The molecule has 8 nitrogen and oxygen atoms in total. The summed E-state index contributed by atoms with van der Waals surface area (Å²) in [6.45, 7) is 3.75. The van der Waals surface area contributed by atoms with E-state index in [4.69, 9.17) is 0 Å². The van der Waals surface area contributed by atoms with Crippen molar-refractivity contribution in [3.8, 4) is 5.75 Å². The van der Waals surface area contributed by atoms with Gasteiger partial charge in [-0.05, 0) is 67.3 Å². The number of carbonyl (C=O) groups is 4. The number of carboxylic acids is 1. The summed E-state index contributed by atoms with van der Waals surface area (Å²) in [5, 5.41) is 14.4. The molecule has 0 aliphatic carbocycles. The number of anilines is 2. The van der Waals surface area contributed by atoms with E-state index >= 15 is 0 Å². The number of benzene rings is 3.